The summed E-state index contributed by atoms with van der Waals surface area (Å²) in [5.74, 6) is 1.85. The largest absolute Gasteiger partial charge is 0.265 e. The number of benzene rings is 1. The van der Waals surface area contributed by atoms with Crippen LogP contribution < -0.4 is 0 Å². The maximum absolute atomic E-state index is 4.59. The summed E-state index contributed by atoms with van der Waals surface area (Å²) in [7, 11) is 0. The van der Waals surface area contributed by atoms with Crippen molar-refractivity contribution < 1.29 is 0 Å². The molecule has 0 saturated carbocycles. The Hall–Kier alpha value is -2.22. The van der Waals surface area contributed by atoms with Crippen LogP contribution in [0.5, 0.6) is 0 Å². The van der Waals surface area contributed by atoms with E-state index in [-0.39, 0.29) is 0 Å². The van der Waals surface area contributed by atoms with Crippen molar-refractivity contribution in [2.75, 3.05) is 0 Å². The van der Waals surface area contributed by atoms with Gasteiger partial charge in [-0.2, -0.15) is 0 Å². The molecule has 0 fully saturated rings. The normalized spacial score (nSPS) is 11.8. The topological polar surface area (TPSA) is 25.8 Å². The summed E-state index contributed by atoms with van der Waals surface area (Å²) in [5, 5.41) is 2.46. The Balaban J connectivity index is 2.12. The molecule has 3 rings (SSSR count). The van der Waals surface area contributed by atoms with Crippen LogP contribution in [-0.4, -0.2) is 9.97 Å². The van der Waals surface area contributed by atoms with Crippen molar-refractivity contribution in [3.05, 3.63) is 60.6 Å². The highest BCUT2D eigenvalue weighted by Gasteiger charge is 2.20. The average molecular weight is 304 g/mol. The van der Waals surface area contributed by atoms with Crippen LogP contribution in [0.4, 0.5) is 0 Å². The summed E-state index contributed by atoms with van der Waals surface area (Å²) in [6.07, 6.45) is 5.54. The van der Waals surface area contributed by atoms with Crippen molar-refractivity contribution in [2.24, 2.45) is 11.8 Å². The minimum atomic E-state index is 0.581. The summed E-state index contributed by atoms with van der Waals surface area (Å²) >= 11 is 0. The van der Waals surface area contributed by atoms with Crippen LogP contribution in [-0.2, 0) is 0 Å². The van der Waals surface area contributed by atoms with E-state index in [1.54, 1.807) is 0 Å². The molecule has 0 bridgehead atoms. The van der Waals surface area contributed by atoms with Gasteiger partial charge in [0.2, 0.25) is 0 Å². The Kier molecular flexibility index (Phi) is 4.42. The zero-order chi connectivity index (χ0) is 16.4. The second-order valence-electron chi connectivity index (χ2n) is 6.89. The fraction of sp³-hybridized carbons (Fsp3) is 0.333. The molecule has 118 valence electrons. The molecule has 23 heavy (non-hydrogen) atoms. The molecule has 0 saturated heterocycles. The molecule has 0 unspecified atom stereocenters. The molecule has 2 heteroatoms. The fourth-order valence-electron chi connectivity index (χ4n) is 3.68. The Morgan fingerprint density at radius 2 is 1.48 bits per heavy atom. The Morgan fingerprint density at radius 1 is 0.783 bits per heavy atom. The highest BCUT2D eigenvalue weighted by Crippen LogP contribution is 2.35. The van der Waals surface area contributed by atoms with Gasteiger partial charge < -0.3 is 0 Å². The second kappa shape index (κ2) is 6.49. The lowest BCUT2D eigenvalue weighted by Crippen LogP contribution is -2.13. The minimum absolute atomic E-state index is 0.581. The van der Waals surface area contributed by atoms with Crippen molar-refractivity contribution in [2.45, 2.75) is 33.6 Å². The van der Waals surface area contributed by atoms with Gasteiger partial charge >= 0.3 is 0 Å². The smallest absolute Gasteiger partial charge is 0.0781 e. The minimum Gasteiger partial charge on any atom is -0.265 e. The number of hydrogen-bond donors (Lipinski definition) is 0. The van der Waals surface area contributed by atoms with Crippen molar-refractivity contribution in [3.63, 3.8) is 0 Å². The molecule has 0 radical (unpaired) electrons. The molecule has 0 aliphatic rings. The van der Waals surface area contributed by atoms with Gasteiger partial charge in [0.1, 0.15) is 0 Å². The molecule has 1 aromatic carbocycles. The number of nitrogens with zero attached hydrogens (tertiary/aromatic N) is 2. The highest BCUT2D eigenvalue weighted by atomic mass is 14.7. The lowest BCUT2D eigenvalue weighted by Gasteiger charge is -2.25. The van der Waals surface area contributed by atoms with E-state index in [9.17, 15) is 0 Å². The van der Waals surface area contributed by atoms with E-state index in [1.807, 2.05) is 30.7 Å². The van der Waals surface area contributed by atoms with E-state index in [0.717, 1.165) is 11.3 Å². The fourth-order valence-corrected chi connectivity index (χ4v) is 3.68. The number of rotatable bonds is 4. The Morgan fingerprint density at radius 3 is 2.13 bits per heavy atom. The standard InChI is InChI=1S/C21H24N2/c1-14(2)20(15(3)4)18-5-6-19-17(13-18)9-12-23-21(19)16-7-10-22-11-8-16/h5-15,20H,1-4H3. The SMILES string of the molecule is CC(C)C(c1ccc2c(-c3ccncc3)nccc2c1)C(C)C. The van der Waals surface area contributed by atoms with Crippen LogP contribution in [0.1, 0.15) is 39.2 Å². The van der Waals surface area contributed by atoms with Gasteiger partial charge in [-0.25, -0.2) is 0 Å². The van der Waals surface area contributed by atoms with Crippen molar-refractivity contribution >= 4 is 10.8 Å². The van der Waals surface area contributed by atoms with E-state index in [1.165, 1.54) is 16.3 Å². The highest BCUT2D eigenvalue weighted by molar-refractivity contribution is 5.94. The quantitative estimate of drug-likeness (QED) is 0.618. The molecule has 0 aliphatic carbocycles. The van der Waals surface area contributed by atoms with Crippen LogP contribution in [0.15, 0.2) is 55.0 Å². The van der Waals surface area contributed by atoms with Gasteiger partial charge in [0.25, 0.3) is 0 Å². The van der Waals surface area contributed by atoms with Gasteiger partial charge in [-0.3, -0.25) is 9.97 Å². The van der Waals surface area contributed by atoms with E-state index >= 15 is 0 Å². The second-order valence-corrected chi connectivity index (χ2v) is 6.89. The van der Waals surface area contributed by atoms with Gasteiger partial charge in [-0.1, -0.05) is 45.9 Å². The number of aromatic nitrogens is 2. The molecule has 0 N–H and O–H groups in total. The third-order valence-corrected chi connectivity index (χ3v) is 4.56. The zero-order valence-electron chi connectivity index (χ0n) is 14.3. The molecule has 2 nitrogen and oxygen atoms in total. The van der Waals surface area contributed by atoms with Gasteiger partial charge in [0.15, 0.2) is 0 Å². The van der Waals surface area contributed by atoms with Crippen molar-refractivity contribution in [1.29, 1.82) is 0 Å². The first-order valence-corrected chi connectivity index (χ1v) is 8.37. The summed E-state index contributed by atoms with van der Waals surface area (Å²) in [6, 6.07) is 13.0. The van der Waals surface area contributed by atoms with Crippen LogP contribution in [0.3, 0.4) is 0 Å². The lowest BCUT2D eigenvalue weighted by atomic mass is 9.79. The average Bonchev–Trinajstić information content (AvgIpc) is 2.54. The van der Waals surface area contributed by atoms with Gasteiger partial charge in [0.05, 0.1) is 5.69 Å². The van der Waals surface area contributed by atoms with Crippen LogP contribution in [0.2, 0.25) is 0 Å². The molecule has 2 aromatic heterocycles. The molecular weight excluding hydrogens is 280 g/mol. The molecule has 0 spiro atoms. The van der Waals surface area contributed by atoms with Crippen molar-refractivity contribution in [3.8, 4) is 11.3 Å². The van der Waals surface area contributed by atoms with E-state index in [0.29, 0.717) is 17.8 Å². The summed E-state index contributed by atoms with van der Waals surface area (Å²) in [4.78, 5) is 8.69. The molecular formula is C21H24N2. The first-order chi connectivity index (χ1) is 11.1. The van der Waals surface area contributed by atoms with Gasteiger partial charge in [-0.05, 0) is 46.9 Å². The van der Waals surface area contributed by atoms with Crippen molar-refractivity contribution in [1.82, 2.24) is 9.97 Å². The summed E-state index contributed by atoms with van der Waals surface area (Å²) in [5.41, 5.74) is 3.57. The molecule has 0 amide bonds. The monoisotopic (exact) mass is 304 g/mol. The molecule has 2 heterocycles. The van der Waals surface area contributed by atoms with Gasteiger partial charge in [-0.15, -0.1) is 0 Å². The van der Waals surface area contributed by atoms with Crippen LogP contribution in [0.25, 0.3) is 22.0 Å². The van der Waals surface area contributed by atoms with E-state index in [4.69, 9.17) is 0 Å². The Labute approximate surface area is 138 Å². The summed E-state index contributed by atoms with van der Waals surface area (Å²) < 4.78 is 0. The lowest BCUT2D eigenvalue weighted by molar-refractivity contribution is 0.388. The Bertz CT molecular complexity index is 783. The molecule has 3 aromatic rings. The van der Waals surface area contributed by atoms with Gasteiger partial charge in [0, 0.05) is 29.5 Å². The third kappa shape index (κ3) is 3.12. The first kappa shape index (κ1) is 15.7. The van der Waals surface area contributed by atoms with E-state index in [2.05, 4.69) is 61.9 Å². The molecule has 0 atom stereocenters. The molecule has 0 aliphatic heterocycles. The maximum atomic E-state index is 4.59. The predicted octanol–water partition coefficient (Wildman–Crippen LogP) is 5.69. The van der Waals surface area contributed by atoms with Crippen LogP contribution in [0, 0.1) is 11.8 Å². The first-order valence-electron chi connectivity index (χ1n) is 8.37. The summed E-state index contributed by atoms with van der Waals surface area (Å²) in [6.45, 7) is 9.24. The predicted molar refractivity (Wildman–Crippen MR) is 97.4 cm³/mol. The number of fused-ring (bicyclic) bond motifs is 1. The number of pyridine rings is 2. The van der Waals surface area contributed by atoms with Crippen LogP contribution >= 0.6 is 0 Å². The maximum Gasteiger partial charge on any atom is 0.0781 e. The number of hydrogen-bond acceptors (Lipinski definition) is 2. The zero-order valence-corrected chi connectivity index (χ0v) is 14.3. The third-order valence-electron chi connectivity index (χ3n) is 4.56. The van der Waals surface area contributed by atoms with E-state index < -0.39 is 0 Å².